The van der Waals surface area contributed by atoms with Gasteiger partial charge in [-0.2, -0.15) is 13.8 Å². The second kappa shape index (κ2) is 6.79. The van der Waals surface area contributed by atoms with E-state index in [2.05, 4.69) is 14.7 Å². The third-order valence-electron chi connectivity index (χ3n) is 4.34. The number of Topliss-reactive ketones (excluding diaryl/α,β-unsaturated/α-hetero) is 1. The number of ketones is 1. The van der Waals surface area contributed by atoms with E-state index in [1.807, 2.05) is 32.0 Å². The standard InChI is InChI=1S/C18H20F2N2O2/c1-10(2)7-14(23)9-12-4-3-11-8-13(5-6-15(11)12)17-21-18(16(19)20)24-22-17/h5-6,8,10,12,16H,3-4,7,9H2,1-2H3/t12-/m0/s1. The number of rotatable bonds is 6. The average Bonchev–Trinajstić information content (AvgIpc) is 3.13. The van der Waals surface area contributed by atoms with Crippen LogP contribution in [0.15, 0.2) is 22.7 Å². The highest BCUT2D eigenvalue weighted by Gasteiger charge is 2.26. The zero-order valence-electron chi connectivity index (χ0n) is 13.8. The molecule has 0 unspecified atom stereocenters. The molecule has 4 nitrogen and oxygen atoms in total. The van der Waals surface area contributed by atoms with E-state index >= 15 is 0 Å². The molecule has 1 heterocycles. The number of benzene rings is 1. The van der Waals surface area contributed by atoms with Crippen LogP contribution in [0.3, 0.4) is 0 Å². The van der Waals surface area contributed by atoms with Gasteiger partial charge in [0.25, 0.3) is 5.89 Å². The Morgan fingerprint density at radius 1 is 1.38 bits per heavy atom. The lowest BCUT2D eigenvalue weighted by Crippen LogP contribution is -2.07. The lowest BCUT2D eigenvalue weighted by molar-refractivity contribution is -0.120. The number of alkyl halides is 2. The molecule has 1 atom stereocenters. The lowest BCUT2D eigenvalue weighted by Gasteiger charge is -2.12. The minimum Gasteiger partial charge on any atom is -0.333 e. The fourth-order valence-electron chi connectivity index (χ4n) is 3.31. The molecule has 0 spiro atoms. The summed E-state index contributed by atoms with van der Waals surface area (Å²) in [5.74, 6) is 0.437. The summed E-state index contributed by atoms with van der Waals surface area (Å²) in [6, 6.07) is 5.69. The van der Waals surface area contributed by atoms with E-state index in [-0.39, 0.29) is 11.7 Å². The van der Waals surface area contributed by atoms with Gasteiger partial charge in [-0.1, -0.05) is 31.1 Å². The molecule has 0 amide bonds. The molecule has 0 saturated carbocycles. The minimum absolute atomic E-state index is 0.174. The average molecular weight is 334 g/mol. The van der Waals surface area contributed by atoms with Gasteiger partial charge in [0, 0.05) is 18.4 Å². The van der Waals surface area contributed by atoms with E-state index in [0.29, 0.717) is 30.1 Å². The molecule has 1 aliphatic rings. The molecule has 128 valence electrons. The van der Waals surface area contributed by atoms with E-state index in [9.17, 15) is 13.6 Å². The van der Waals surface area contributed by atoms with Crippen LogP contribution in [0.1, 0.15) is 62.5 Å². The molecule has 0 N–H and O–H groups in total. The molecule has 6 heteroatoms. The summed E-state index contributed by atoms with van der Waals surface area (Å²) in [7, 11) is 0. The molecule has 0 bridgehead atoms. The van der Waals surface area contributed by atoms with E-state index in [1.165, 1.54) is 5.56 Å². The van der Waals surface area contributed by atoms with Crippen molar-refractivity contribution < 1.29 is 18.1 Å². The van der Waals surface area contributed by atoms with Crippen molar-refractivity contribution in [3.8, 4) is 11.4 Å². The Morgan fingerprint density at radius 2 is 2.17 bits per heavy atom. The molecule has 1 aliphatic carbocycles. The van der Waals surface area contributed by atoms with Crippen LogP contribution < -0.4 is 0 Å². The number of halogens is 2. The zero-order valence-corrected chi connectivity index (χ0v) is 13.8. The quantitative estimate of drug-likeness (QED) is 0.768. The molecule has 0 saturated heterocycles. The largest absolute Gasteiger partial charge is 0.333 e. The molecule has 3 rings (SSSR count). The van der Waals surface area contributed by atoms with Gasteiger partial charge in [0.2, 0.25) is 5.82 Å². The van der Waals surface area contributed by atoms with Crippen molar-refractivity contribution in [3.05, 3.63) is 35.2 Å². The second-order valence-corrected chi connectivity index (χ2v) is 6.75. The first-order valence-corrected chi connectivity index (χ1v) is 8.20. The van der Waals surface area contributed by atoms with Gasteiger partial charge in [-0.3, -0.25) is 4.79 Å². The monoisotopic (exact) mass is 334 g/mol. The molecule has 0 radical (unpaired) electrons. The third-order valence-corrected chi connectivity index (χ3v) is 4.34. The SMILES string of the molecule is CC(C)CC(=O)C[C@@H]1CCc2cc(-c3noc(C(F)F)n3)ccc21. The number of hydrogen-bond acceptors (Lipinski definition) is 4. The Balaban J connectivity index is 1.76. The number of fused-ring (bicyclic) bond motifs is 1. The summed E-state index contributed by atoms with van der Waals surface area (Å²) in [5, 5.41) is 3.61. The highest BCUT2D eigenvalue weighted by atomic mass is 19.3. The molecular formula is C18H20F2N2O2. The van der Waals surface area contributed by atoms with Gasteiger partial charge in [-0.05, 0) is 41.9 Å². The number of aryl methyl sites for hydroxylation is 1. The summed E-state index contributed by atoms with van der Waals surface area (Å²) in [6.45, 7) is 4.09. The van der Waals surface area contributed by atoms with Crippen molar-refractivity contribution in [3.63, 3.8) is 0 Å². The van der Waals surface area contributed by atoms with Crippen molar-refractivity contribution in [1.82, 2.24) is 10.1 Å². The predicted octanol–water partition coefficient (Wildman–Crippen LogP) is 4.71. The van der Waals surface area contributed by atoms with E-state index in [4.69, 9.17) is 0 Å². The highest BCUT2D eigenvalue weighted by molar-refractivity contribution is 5.79. The van der Waals surface area contributed by atoms with Crippen molar-refractivity contribution in [2.24, 2.45) is 5.92 Å². The molecule has 1 aromatic heterocycles. The van der Waals surface area contributed by atoms with Crippen LogP contribution >= 0.6 is 0 Å². The van der Waals surface area contributed by atoms with Gasteiger partial charge in [-0.25, -0.2) is 0 Å². The summed E-state index contributed by atoms with van der Waals surface area (Å²) < 4.78 is 29.7. The predicted molar refractivity (Wildman–Crippen MR) is 84.8 cm³/mol. The van der Waals surface area contributed by atoms with Crippen LogP contribution in [-0.4, -0.2) is 15.9 Å². The van der Waals surface area contributed by atoms with Crippen LogP contribution in [0.5, 0.6) is 0 Å². The molecule has 2 aromatic rings. The lowest BCUT2D eigenvalue weighted by atomic mass is 9.92. The second-order valence-electron chi connectivity index (χ2n) is 6.75. The Kier molecular flexibility index (Phi) is 4.73. The minimum atomic E-state index is -2.77. The highest BCUT2D eigenvalue weighted by Crippen LogP contribution is 2.38. The van der Waals surface area contributed by atoms with Crippen molar-refractivity contribution in [2.75, 3.05) is 0 Å². The maximum absolute atomic E-state index is 12.6. The van der Waals surface area contributed by atoms with E-state index in [0.717, 1.165) is 18.4 Å². The van der Waals surface area contributed by atoms with Crippen LogP contribution in [-0.2, 0) is 11.2 Å². The van der Waals surface area contributed by atoms with Gasteiger partial charge >= 0.3 is 6.43 Å². The van der Waals surface area contributed by atoms with Crippen molar-refractivity contribution in [1.29, 1.82) is 0 Å². The maximum Gasteiger partial charge on any atom is 0.315 e. The summed E-state index contributed by atoms with van der Waals surface area (Å²) in [5.41, 5.74) is 2.98. The number of carbonyl (C=O) groups is 1. The summed E-state index contributed by atoms with van der Waals surface area (Å²) in [6.07, 6.45) is 0.238. The number of aromatic nitrogens is 2. The number of nitrogens with zero attached hydrogens (tertiary/aromatic N) is 2. The molecule has 24 heavy (non-hydrogen) atoms. The third kappa shape index (κ3) is 3.52. The number of carbonyl (C=O) groups excluding carboxylic acids is 1. The topological polar surface area (TPSA) is 56.0 Å². The van der Waals surface area contributed by atoms with Gasteiger partial charge in [-0.15, -0.1) is 0 Å². The Bertz CT molecular complexity index is 740. The maximum atomic E-state index is 12.6. The van der Waals surface area contributed by atoms with Crippen LogP contribution in [0.25, 0.3) is 11.4 Å². The van der Waals surface area contributed by atoms with Gasteiger partial charge < -0.3 is 4.52 Å². The van der Waals surface area contributed by atoms with Crippen molar-refractivity contribution >= 4 is 5.78 Å². The van der Waals surface area contributed by atoms with E-state index in [1.54, 1.807) is 0 Å². The van der Waals surface area contributed by atoms with Crippen molar-refractivity contribution in [2.45, 2.75) is 51.9 Å². The fourth-order valence-corrected chi connectivity index (χ4v) is 3.31. The van der Waals surface area contributed by atoms with Gasteiger partial charge in [0.1, 0.15) is 5.78 Å². The molecular weight excluding hydrogens is 314 g/mol. The normalized spacial score (nSPS) is 16.8. The van der Waals surface area contributed by atoms with Gasteiger partial charge in [0.15, 0.2) is 0 Å². The Hall–Kier alpha value is -2.11. The van der Waals surface area contributed by atoms with Crippen LogP contribution in [0.4, 0.5) is 8.78 Å². The first-order valence-electron chi connectivity index (χ1n) is 8.20. The summed E-state index contributed by atoms with van der Waals surface area (Å²) in [4.78, 5) is 15.8. The fraction of sp³-hybridized carbons (Fsp3) is 0.500. The smallest absolute Gasteiger partial charge is 0.315 e. The summed E-state index contributed by atoms with van der Waals surface area (Å²) >= 11 is 0. The molecule has 0 aliphatic heterocycles. The Morgan fingerprint density at radius 3 is 2.83 bits per heavy atom. The Labute approximate surface area is 139 Å². The number of hydrogen-bond donors (Lipinski definition) is 0. The first kappa shape index (κ1) is 16.7. The molecule has 0 fully saturated rings. The molecule has 1 aromatic carbocycles. The van der Waals surface area contributed by atoms with Crippen LogP contribution in [0, 0.1) is 5.92 Å². The van der Waals surface area contributed by atoms with Gasteiger partial charge in [0.05, 0.1) is 0 Å². The van der Waals surface area contributed by atoms with Crippen LogP contribution in [0.2, 0.25) is 0 Å². The van der Waals surface area contributed by atoms with E-state index < -0.39 is 12.3 Å². The first-order chi connectivity index (χ1) is 11.4. The zero-order chi connectivity index (χ0) is 17.3.